The first-order valence-corrected chi connectivity index (χ1v) is 5.35. The van der Waals surface area contributed by atoms with Gasteiger partial charge in [-0.05, 0) is 18.8 Å². The number of rotatable bonds is 4. The Morgan fingerprint density at radius 2 is 2.08 bits per heavy atom. The summed E-state index contributed by atoms with van der Waals surface area (Å²) in [6.45, 7) is 2.07. The minimum Gasteiger partial charge on any atom is -0.469 e. The van der Waals surface area contributed by atoms with Crippen LogP contribution in [0.5, 0.6) is 0 Å². The standard InChI is InChI=1S/C11H20O2/c1-3-10(11(12)13-2)8-9-6-4-5-7-9/h9-10H,3-8H2,1-2H3. The van der Waals surface area contributed by atoms with E-state index in [2.05, 4.69) is 6.92 Å². The quantitative estimate of drug-likeness (QED) is 0.628. The predicted octanol–water partition coefficient (Wildman–Crippen LogP) is 2.77. The van der Waals surface area contributed by atoms with Crippen molar-refractivity contribution in [2.45, 2.75) is 45.4 Å². The van der Waals surface area contributed by atoms with E-state index >= 15 is 0 Å². The van der Waals surface area contributed by atoms with Gasteiger partial charge in [0.15, 0.2) is 0 Å². The number of esters is 1. The number of ether oxygens (including phenoxy) is 1. The molecule has 0 N–H and O–H groups in total. The summed E-state index contributed by atoms with van der Waals surface area (Å²) in [5.41, 5.74) is 0. The van der Waals surface area contributed by atoms with Crippen LogP contribution in [0.4, 0.5) is 0 Å². The summed E-state index contributed by atoms with van der Waals surface area (Å²) in [4.78, 5) is 11.3. The molecule has 0 spiro atoms. The van der Waals surface area contributed by atoms with Gasteiger partial charge >= 0.3 is 5.97 Å². The lowest BCUT2D eigenvalue weighted by atomic mass is 9.91. The maximum absolute atomic E-state index is 11.3. The van der Waals surface area contributed by atoms with Crippen molar-refractivity contribution >= 4 is 5.97 Å². The van der Waals surface area contributed by atoms with Crippen LogP contribution < -0.4 is 0 Å². The Morgan fingerprint density at radius 3 is 2.54 bits per heavy atom. The van der Waals surface area contributed by atoms with Gasteiger partial charge in [-0.25, -0.2) is 0 Å². The average Bonchev–Trinajstić information content (AvgIpc) is 2.65. The number of hydrogen-bond acceptors (Lipinski definition) is 2. The molecule has 76 valence electrons. The van der Waals surface area contributed by atoms with Gasteiger partial charge in [0.05, 0.1) is 13.0 Å². The van der Waals surface area contributed by atoms with E-state index in [9.17, 15) is 4.79 Å². The van der Waals surface area contributed by atoms with Gasteiger partial charge in [-0.1, -0.05) is 32.6 Å². The molecule has 1 atom stereocenters. The second kappa shape index (κ2) is 5.25. The molecule has 1 aliphatic carbocycles. The van der Waals surface area contributed by atoms with Gasteiger partial charge in [0, 0.05) is 0 Å². The molecule has 1 fully saturated rings. The van der Waals surface area contributed by atoms with Crippen molar-refractivity contribution in [3.63, 3.8) is 0 Å². The molecule has 1 saturated carbocycles. The van der Waals surface area contributed by atoms with Crippen LogP contribution in [0.3, 0.4) is 0 Å². The number of carbonyl (C=O) groups excluding carboxylic acids is 1. The molecule has 0 radical (unpaired) electrons. The molecule has 0 aliphatic heterocycles. The van der Waals surface area contributed by atoms with E-state index in [0.717, 1.165) is 18.8 Å². The summed E-state index contributed by atoms with van der Waals surface area (Å²) in [5, 5.41) is 0. The molecule has 0 aromatic carbocycles. The highest BCUT2D eigenvalue weighted by Gasteiger charge is 2.24. The first-order valence-electron chi connectivity index (χ1n) is 5.35. The molecule has 1 rings (SSSR count). The lowest BCUT2D eigenvalue weighted by molar-refractivity contribution is -0.146. The summed E-state index contributed by atoms with van der Waals surface area (Å²) in [6.07, 6.45) is 7.29. The SMILES string of the molecule is CCC(CC1CCCC1)C(=O)OC. The largest absolute Gasteiger partial charge is 0.469 e. The molecule has 0 amide bonds. The molecule has 1 aliphatic rings. The van der Waals surface area contributed by atoms with E-state index in [1.54, 1.807) is 0 Å². The Kier molecular flexibility index (Phi) is 4.26. The minimum absolute atomic E-state index is 0.0191. The average molecular weight is 184 g/mol. The zero-order valence-corrected chi connectivity index (χ0v) is 8.71. The molecule has 0 heterocycles. The topological polar surface area (TPSA) is 26.3 Å². The second-order valence-corrected chi connectivity index (χ2v) is 4.01. The lowest BCUT2D eigenvalue weighted by Crippen LogP contribution is -2.18. The molecule has 1 unspecified atom stereocenters. The first-order chi connectivity index (χ1) is 6.27. The molecule has 0 saturated heterocycles. The summed E-state index contributed by atoms with van der Waals surface area (Å²) in [7, 11) is 1.49. The molecule has 13 heavy (non-hydrogen) atoms. The molecule has 2 nitrogen and oxygen atoms in total. The van der Waals surface area contributed by atoms with Crippen LogP contribution in [0, 0.1) is 11.8 Å². The fourth-order valence-corrected chi connectivity index (χ4v) is 2.24. The fourth-order valence-electron chi connectivity index (χ4n) is 2.24. The molecular weight excluding hydrogens is 164 g/mol. The van der Waals surface area contributed by atoms with E-state index in [1.165, 1.54) is 32.8 Å². The van der Waals surface area contributed by atoms with Crippen molar-refractivity contribution in [2.75, 3.05) is 7.11 Å². The summed E-state index contributed by atoms with van der Waals surface area (Å²) < 4.78 is 4.77. The summed E-state index contributed by atoms with van der Waals surface area (Å²) >= 11 is 0. The number of carbonyl (C=O) groups is 1. The van der Waals surface area contributed by atoms with Crippen LogP contribution in [0.1, 0.15) is 45.4 Å². The third kappa shape index (κ3) is 3.02. The van der Waals surface area contributed by atoms with Crippen LogP contribution >= 0.6 is 0 Å². The molecule has 0 aromatic rings. The van der Waals surface area contributed by atoms with Crippen molar-refractivity contribution in [2.24, 2.45) is 11.8 Å². The van der Waals surface area contributed by atoms with Crippen molar-refractivity contribution in [1.82, 2.24) is 0 Å². The smallest absolute Gasteiger partial charge is 0.308 e. The van der Waals surface area contributed by atoms with E-state index in [4.69, 9.17) is 4.74 Å². The molecule has 2 heteroatoms. The van der Waals surface area contributed by atoms with Crippen LogP contribution in [-0.4, -0.2) is 13.1 Å². The van der Waals surface area contributed by atoms with Crippen LogP contribution in [0.25, 0.3) is 0 Å². The maximum atomic E-state index is 11.3. The van der Waals surface area contributed by atoms with Gasteiger partial charge in [0.2, 0.25) is 0 Å². The van der Waals surface area contributed by atoms with Crippen molar-refractivity contribution in [3.05, 3.63) is 0 Å². The zero-order valence-electron chi connectivity index (χ0n) is 8.71. The van der Waals surface area contributed by atoms with Crippen LogP contribution in [0.15, 0.2) is 0 Å². The molecule has 0 aromatic heterocycles. The molecular formula is C11H20O2. The zero-order chi connectivity index (χ0) is 9.68. The van der Waals surface area contributed by atoms with Crippen molar-refractivity contribution in [1.29, 1.82) is 0 Å². The van der Waals surface area contributed by atoms with E-state index < -0.39 is 0 Å². The highest BCUT2D eigenvalue weighted by molar-refractivity contribution is 5.72. The monoisotopic (exact) mass is 184 g/mol. The molecule has 0 bridgehead atoms. The van der Waals surface area contributed by atoms with Crippen LogP contribution in [-0.2, 0) is 9.53 Å². The highest BCUT2D eigenvalue weighted by Crippen LogP contribution is 2.31. The predicted molar refractivity (Wildman–Crippen MR) is 52.4 cm³/mol. The minimum atomic E-state index is -0.0191. The highest BCUT2D eigenvalue weighted by atomic mass is 16.5. The Labute approximate surface area is 80.7 Å². The first kappa shape index (κ1) is 10.6. The lowest BCUT2D eigenvalue weighted by Gasteiger charge is -2.16. The summed E-state index contributed by atoms with van der Waals surface area (Å²) in [6, 6.07) is 0. The van der Waals surface area contributed by atoms with E-state index in [1.807, 2.05) is 0 Å². The summed E-state index contributed by atoms with van der Waals surface area (Å²) in [5.74, 6) is 0.909. The van der Waals surface area contributed by atoms with Gasteiger partial charge < -0.3 is 4.74 Å². The Balaban J connectivity index is 2.33. The van der Waals surface area contributed by atoms with Gasteiger partial charge in [-0.2, -0.15) is 0 Å². The van der Waals surface area contributed by atoms with Crippen molar-refractivity contribution in [3.8, 4) is 0 Å². The normalized spacial score (nSPS) is 20.2. The van der Waals surface area contributed by atoms with E-state index in [0.29, 0.717) is 0 Å². The Hall–Kier alpha value is -0.530. The number of hydrogen-bond donors (Lipinski definition) is 0. The fraction of sp³-hybridized carbons (Fsp3) is 0.909. The van der Waals surface area contributed by atoms with Crippen LogP contribution in [0.2, 0.25) is 0 Å². The third-order valence-corrected chi connectivity index (χ3v) is 3.12. The maximum Gasteiger partial charge on any atom is 0.308 e. The van der Waals surface area contributed by atoms with Crippen molar-refractivity contribution < 1.29 is 9.53 Å². The second-order valence-electron chi connectivity index (χ2n) is 4.01. The van der Waals surface area contributed by atoms with Gasteiger partial charge in [0.1, 0.15) is 0 Å². The Morgan fingerprint density at radius 1 is 1.46 bits per heavy atom. The van der Waals surface area contributed by atoms with Gasteiger partial charge in [-0.3, -0.25) is 4.79 Å². The Bertz CT molecular complexity index is 159. The third-order valence-electron chi connectivity index (χ3n) is 3.12. The van der Waals surface area contributed by atoms with Gasteiger partial charge in [-0.15, -0.1) is 0 Å². The van der Waals surface area contributed by atoms with Gasteiger partial charge in [0.25, 0.3) is 0 Å². The number of methoxy groups -OCH3 is 1. The van der Waals surface area contributed by atoms with E-state index in [-0.39, 0.29) is 11.9 Å².